The number of aryl methyl sites for hydroxylation is 2. The number of fused-ring (bicyclic) bond motifs is 1. The van der Waals surface area contributed by atoms with E-state index in [0.717, 1.165) is 17.5 Å². The summed E-state index contributed by atoms with van der Waals surface area (Å²) in [6.45, 7) is 0. The zero-order valence-corrected chi connectivity index (χ0v) is 10.7. The van der Waals surface area contributed by atoms with Crippen LogP contribution in [0.4, 0.5) is 4.39 Å². The molecule has 3 rings (SSSR count). The molecular weight excluding hydrogens is 239 g/mol. The summed E-state index contributed by atoms with van der Waals surface area (Å²) < 4.78 is 13.0. The molecule has 0 radical (unpaired) electrons. The van der Waals surface area contributed by atoms with Crippen LogP contribution in [0.3, 0.4) is 0 Å². The van der Waals surface area contributed by atoms with E-state index >= 15 is 0 Å². The molecule has 1 aliphatic carbocycles. The van der Waals surface area contributed by atoms with Crippen LogP contribution < -0.4 is 11.3 Å². The molecule has 0 aliphatic heterocycles. The van der Waals surface area contributed by atoms with Gasteiger partial charge in [-0.15, -0.1) is 0 Å². The fraction of sp³-hybridized carbons (Fsp3) is 0.250. The van der Waals surface area contributed by atoms with Gasteiger partial charge in [0.15, 0.2) is 0 Å². The second-order valence-corrected chi connectivity index (χ2v) is 5.03. The van der Waals surface area contributed by atoms with Gasteiger partial charge in [0, 0.05) is 0 Å². The summed E-state index contributed by atoms with van der Waals surface area (Å²) >= 11 is 0. The highest BCUT2D eigenvalue weighted by Crippen LogP contribution is 2.28. The zero-order valence-electron chi connectivity index (χ0n) is 10.7. The number of nitrogens with one attached hydrogen (secondary N) is 1. The Morgan fingerprint density at radius 2 is 1.63 bits per heavy atom. The van der Waals surface area contributed by atoms with E-state index in [2.05, 4.69) is 23.6 Å². The van der Waals surface area contributed by atoms with E-state index < -0.39 is 0 Å². The SMILES string of the molecule is NNC(c1ccc(F)cc1)c1ccc2c(c1)CCC2. The third-order valence-electron chi connectivity index (χ3n) is 3.83. The second kappa shape index (κ2) is 5.11. The monoisotopic (exact) mass is 256 g/mol. The van der Waals surface area contributed by atoms with Crippen molar-refractivity contribution in [1.82, 2.24) is 5.43 Å². The van der Waals surface area contributed by atoms with Crippen LogP contribution in [-0.2, 0) is 12.8 Å². The van der Waals surface area contributed by atoms with E-state index in [0.29, 0.717) is 0 Å². The first-order chi connectivity index (χ1) is 9.28. The molecule has 0 heterocycles. The minimum atomic E-state index is -0.228. The van der Waals surface area contributed by atoms with Crippen molar-refractivity contribution in [1.29, 1.82) is 0 Å². The highest BCUT2D eigenvalue weighted by molar-refractivity contribution is 5.40. The van der Waals surface area contributed by atoms with Crippen LogP contribution in [0.1, 0.15) is 34.7 Å². The molecule has 0 fully saturated rings. The number of hydrazine groups is 1. The standard InChI is InChI=1S/C16H17FN2/c17-15-8-6-12(7-9-15)16(19-18)14-5-4-11-2-1-3-13(11)10-14/h4-10,16,19H,1-3,18H2. The lowest BCUT2D eigenvalue weighted by molar-refractivity contribution is 0.615. The third kappa shape index (κ3) is 2.39. The van der Waals surface area contributed by atoms with Crippen LogP contribution in [0.2, 0.25) is 0 Å². The van der Waals surface area contributed by atoms with Crippen molar-refractivity contribution in [2.75, 3.05) is 0 Å². The predicted octanol–water partition coefficient (Wildman–Crippen LogP) is 2.87. The lowest BCUT2D eigenvalue weighted by Gasteiger charge is -2.18. The summed E-state index contributed by atoms with van der Waals surface area (Å²) in [5, 5.41) is 0. The highest BCUT2D eigenvalue weighted by atomic mass is 19.1. The van der Waals surface area contributed by atoms with Gasteiger partial charge in [0.05, 0.1) is 6.04 Å². The van der Waals surface area contributed by atoms with E-state index in [1.165, 1.54) is 36.1 Å². The maximum absolute atomic E-state index is 13.0. The Morgan fingerprint density at radius 1 is 0.947 bits per heavy atom. The van der Waals surface area contributed by atoms with E-state index in [1.54, 1.807) is 12.1 Å². The summed E-state index contributed by atoms with van der Waals surface area (Å²) in [6, 6.07) is 12.9. The smallest absolute Gasteiger partial charge is 0.123 e. The van der Waals surface area contributed by atoms with Crippen LogP contribution in [0, 0.1) is 5.82 Å². The van der Waals surface area contributed by atoms with Gasteiger partial charge in [-0.25, -0.2) is 9.82 Å². The van der Waals surface area contributed by atoms with Gasteiger partial charge in [-0.2, -0.15) is 0 Å². The topological polar surface area (TPSA) is 38.0 Å². The van der Waals surface area contributed by atoms with Gasteiger partial charge >= 0.3 is 0 Å². The van der Waals surface area contributed by atoms with Crippen LogP contribution in [0.15, 0.2) is 42.5 Å². The molecule has 1 atom stereocenters. The molecule has 2 aromatic rings. The molecule has 3 N–H and O–H groups in total. The van der Waals surface area contributed by atoms with Crippen molar-refractivity contribution < 1.29 is 4.39 Å². The molecule has 0 bridgehead atoms. The molecule has 0 amide bonds. The zero-order chi connectivity index (χ0) is 13.2. The first-order valence-electron chi connectivity index (χ1n) is 6.61. The Morgan fingerprint density at radius 3 is 2.37 bits per heavy atom. The lowest BCUT2D eigenvalue weighted by Crippen LogP contribution is -2.28. The fourth-order valence-electron chi connectivity index (χ4n) is 2.81. The Labute approximate surface area is 112 Å². The third-order valence-corrected chi connectivity index (χ3v) is 3.83. The summed E-state index contributed by atoms with van der Waals surface area (Å²) in [4.78, 5) is 0. The molecule has 3 heteroatoms. The average Bonchev–Trinajstić information content (AvgIpc) is 2.89. The second-order valence-electron chi connectivity index (χ2n) is 5.03. The van der Waals surface area contributed by atoms with Crippen molar-refractivity contribution in [3.05, 3.63) is 70.5 Å². The van der Waals surface area contributed by atoms with Gasteiger partial charge in [0.25, 0.3) is 0 Å². The normalized spacial score (nSPS) is 15.3. The van der Waals surface area contributed by atoms with Crippen LogP contribution >= 0.6 is 0 Å². The fourth-order valence-corrected chi connectivity index (χ4v) is 2.81. The van der Waals surface area contributed by atoms with Crippen molar-refractivity contribution in [2.24, 2.45) is 5.84 Å². The highest BCUT2D eigenvalue weighted by Gasteiger charge is 2.16. The Hall–Kier alpha value is -1.71. The number of nitrogens with two attached hydrogens (primary N) is 1. The maximum atomic E-state index is 13.0. The van der Waals surface area contributed by atoms with Crippen molar-refractivity contribution >= 4 is 0 Å². The molecule has 2 aromatic carbocycles. The molecule has 19 heavy (non-hydrogen) atoms. The van der Waals surface area contributed by atoms with Crippen molar-refractivity contribution in [2.45, 2.75) is 25.3 Å². The van der Waals surface area contributed by atoms with E-state index in [-0.39, 0.29) is 11.9 Å². The van der Waals surface area contributed by atoms with Gasteiger partial charge < -0.3 is 0 Å². The van der Waals surface area contributed by atoms with Gasteiger partial charge in [-0.05, 0) is 53.6 Å². The quantitative estimate of drug-likeness (QED) is 0.654. The van der Waals surface area contributed by atoms with E-state index in [1.807, 2.05) is 0 Å². The number of rotatable bonds is 3. The Bertz CT molecular complexity index is 578. The van der Waals surface area contributed by atoms with Crippen LogP contribution in [0.5, 0.6) is 0 Å². The summed E-state index contributed by atoms with van der Waals surface area (Å²) in [5.74, 6) is 5.45. The molecule has 98 valence electrons. The molecule has 0 saturated heterocycles. The Balaban J connectivity index is 1.96. The number of benzene rings is 2. The Kier molecular flexibility index (Phi) is 3.32. The molecule has 1 aliphatic rings. The first-order valence-corrected chi connectivity index (χ1v) is 6.61. The molecular formula is C16H17FN2. The van der Waals surface area contributed by atoms with E-state index in [4.69, 9.17) is 5.84 Å². The summed E-state index contributed by atoms with van der Waals surface area (Å²) in [6.07, 6.45) is 3.55. The minimum absolute atomic E-state index is 0.0912. The van der Waals surface area contributed by atoms with Gasteiger partial charge in [-0.1, -0.05) is 30.3 Å². The maximum Gasteiger partial charge on any atom is 0.123 e. The summed E-state index contributed by atoms with van der Waals surface area (Å²) in [5.41, 5.74) is 7.79. The molecule has 0 aromatic heterocycles. The van der Waals surface area contributed by atoms with Gasteiger partial charge in [0.2, 0.25) is 0 Å². The number of hydrogen-bond donors (Lipinski definition) is 2. The number of halogens is 1. The molecule has 1 unspecified atom stereocenters. The average molecular weight is 256 g/mol. The van der Waals surface area contributed by atoms with Crippen LogP contribution in [-0.4, -0.2) is 0 Å². The molecule has 0 spiro atoms. The minimum Gasteiger partial charge on any atom is -0.271 e. The predicted molar refractivity (Wildman–Crippen MR) is 74.0 cm³/mol. The van der Waals surface area contributed by atoms with Crippen molar-refractivity contribution in [3.8, 4) is 0 Å². The van der Waals surface area contributed by atoms with Gasteiger partial charge in [-0.3, -0.25) is 5.84 Å². The van der Waals surface area contributed by atoms with Crippen LogP contribution in [0.25, 0.3) is 0 Å². The molecule has 2 nitrogen and oxygen atoms in total. The van der Waals surface area contributed by atoms with Gasteiger partial charge in [0.1, 0.15) is 5.82 Å². The first kappa shape index (κ1) is 12.3. The van der Waals surface area contributed by atoms with Crippen molar-refractivity contribution in [3.63, 3.8) is 0 Å². The molecule has 0 saturated carbocycles. The number of hydrogen-bond acceptors (Lipinski definition) is 2. The lowest BCUT2D eigenvalue weighted by atomic mass is 9.96. The largest absolute Gasteiger partial charge is 0.271 e. The van der Waals surface area contributed by atoms with E-state index in [9.17, 15) is 4.39 Å². The summed E-state index contributed by atoms with van der Waals surface area (Å²) in [7, 11) is 0.